The Hall–Kier alpha value is -1.47. The lowest BCUT2D eigenvalue weighted by Crippen LogP contribution is -2.40. The van der Waals surface area contributed by atoms with Crippen molar-refractivity contribution in [2.75, 3.05) is 19.7 Å². The quantitative estimate of drug-likeness (QED) is 0.899. The maximum absolute atomic E-state index is 11.9. The standard InChI is InChI=1S/C14H20N2O4S/c1-9(2)20-8-12(17)16-5-3-10(4-6-16)13-15-7-11(21-13)14(18)19/h7,9-10H,3-6,8H2,1-2H3,(H,18,19). The first-order valence-corrected chi connectivity index (χ1v) is 7.87. The van der Waals surface area contributed by atoms with Crippen molar-refractivity contribution >= 4 is 23.2 Å². The first kappa shape index (κ1) is 15.9. The molecule has 1 aliphatic rings. The summed E-state index contributed by atoms with van der Waals surface area (Å²) in [6, 6.07) is 0. The molecule has 7 heteroatoms. The Labute approximate surface area is 127 Å². The third-order valence-corrected chi connectivity index (χ3v) is 4.62. The van der Waals surface area contributed by atoms with Crippen LogP contribution in [0, 0.1) is 0 Å². The SMILES string of the molecule is CC(C)OCC(=O)N1CCC(c2ncc(C(=O)O)s2)CC1. The van der Waals surface area contributed by atoms with Gasteiger partial charge in [-0.25, -0.2) is 9.78 Å². The molecule has 1 aliphatic heterocycles. The average molecular weight is 312 g/mol. The zero-order valence-corrected chi connectivity index (χ0v) is 13.1. The smallest absolute Gasteiger partial charge is 0.347 e. The number of carbonyl (C=O) groups excluding carboxylic acids is 1. The number of carbonyl (C=O) groups is 2. The molecule has 1 N–H and O–H groups in total. The third-order valence-electron chi connectivity index (χ3n) is 3.47. The molecule has 0 spiro atoms. The number of piperidine rings is 1. The highest BCUT2D eigenvalue weighted by atomic mass is 32.1. The van der Waals surface area contributed by atoms with Crippen molar-refractivity contribution in [1.29, 1.82) is 0 Å². The lowest BCUT2D eigenvalue weighted by Gasteiger charge is -2.31. The van der Waals surface area contributed by atoms with Crippen molar-refractivity contribution in [2.24, 2.45) is 0 Å². The zero-order chi connectivity index (χ0) is 15.4. The second-order valence-electron chi connectivity index (χ2n) is 5.38. The van der Waals surface area contributed by atoms with Gasteiger partial charge in [-0.2, -0.15) is 0 Å². The van der Waals surface area contributed by atoms with Crippen molar-refractivity contribution in [3.63, 3.8) is 0 Å². The van der Waals surface area contributed by atoms with Gasteiger partial charge in [-0.1, -0.05) is 0 Å². The number of hydrogen-bond acceptors (Lipinski definition) is 5. The third kappa shape index (κ3) is 4.25. The van der Waals surface area contributed by atoms with Gasteiger partial charge in [0, 0.05) is 19.0 Å². The molecule has 0 bridgehead atoms. The average Bonchev–Trinajstić information content (AvgIpc) is 2.95. The normalized spacial score (nSPS) is 16.4. The first-order chi connectivity index (χ1) is 9.97. The van der Waals surface area contributed by atoms with Crippen LogP contribution in [0.2, 0.25) is 0 Å². The van der Waals surface area contributed by atoms with Crippen LogP contribution in [0.25, 0.3) is 0 Å². The number of carboxylic acid groups (broad SMARTS) is 1. The van der Waals surface area contributed by atoms with Crippen LogP contribution in [0.1, 0.15) is 47.3 Å². The van der Waals surface area contributed by atoms with Gasteiger partial charge >= 0.3 is 5.97 Å². The van der Waals surface area contributed by atoms with Crippen LogP contribution in [0.5, 0.6) is 0 Å². The molecule has 0 saturated carbocycles. The van der Waals surface area contributed by atoms with Gasteiger partial charge in [0.15, 0.2) is 0 Å². The van der Waals surface area contributed by atoms with E-state index in [0.29, 0.717) is 13.1 Å². The van der Waals surface area contributed by atoms with Crippen LogP contribution < -0.4 is 0 Å². The second-order valence-corrected chi connectivity index (χ2v) is 6.44. The fraction of sp³-hybridized carbons (Fsp3) is 0.643. The van der Waals surface area contributed by atoms with E-state index in [1.807, 2.05) is 18.7 Å². The molecule has 1 saturated heterocycles. The number of ether oxygens (including phenoxy) is 1. The molecule has 21 heavy (non-hydrogen) atoms. The molecular formula is C14H20N2O4S. The minimum absolute atomic E-state index is 0.0208. The molecule has 0 radical (unpaired) electrons. The van der Waals surface area contributed by atoms with E-state index in [9.17, 15) is 9.59 Å². The van der Waals surface area contributed by atoms with Gasteiger partial charge < -0.3 is 14.7 Å². The Morgan fingerprint density at radius 2 is 2.14 bits per heavy atom. The summed E-state index contributed by atoms with van der Waals surface area (Å²) in [5, 5.41) is 9.78. The van der Waals surface area contributed by atoms with Crippen molar-refractivity contribution in [3.8, 4) is 0 Å². The number of nitrogens with zero attached hydrogens (tertiary/aromatic N) is 2. The van der Waals surface area contributed by atoms with E-state index in [2.05, 4.69) is 4.98 Å². The van der Waals surface area contributed by atoms with E-state index in [1.165, 1.54) is 17.5 Å². The van der Waals surface area contributed by atoms with Crippen molar-refractivity contribution in [2.45, 2.75) is 38.7 Å². The summed E-state index contributed by atoms with van der Waals surface area (Å²) in [6.45, 7) is 5.28. The molecule has 0 aliphatic carbocycles. The van der Waals surface area contributed by atoms with Gasteiger partial charge in [-0.15, -0.1) is 11.3 Å². The van der Waals surface area contributed by atoms with E-state index >= 15 is 0 Å². The molecule has 116 valence electrons. The van der Waals surface area contributed by atoms with Gasteiger partial charge in [0.05, 0.1) is 17.3 Å². The molecule has 6 nitrogen and oxygen atoms in total. The fourth-order valence-corrected chi connectivity index (χ4v) is 3.21. The Balaban J connectivity index is 1.85. The summed E-state index contributed by atoms with van der Waals surface area (Å²) in [5.74, 6) is -0.664. The van der Waals surface area contributed by atoms with Crippen LogP contribution in [0.15, 0.2) is 6.20 Å². The summed E-state index contributed by atoms with van der Waals surface area (Å²) in [6.07, 6.45) is 3.10. The molecular weight excluding hydrogens is 292 g/mol. The maximum Gasteiger partial charge on any atom is 0.347 e. The number of rotatable bonds is 5. The minimum atomic E-state index is -0.933. The van der Waals surface area contributed by atoms with Crippen LogP contribution in [-0.2, 0) is 9.53 Å². The second kappa shape index (κ2) is 7.00. The molecule has 1 aromatic rings. The lowest BCUT2D eigenvalue weighted by atomic mass is 9.97. The monoisotopic (exact) mass is 312 g/mol. The van der Waals surface area contributed by atoms with Gasteiger partial charge in [-0.3, -0.25) is 4.79 Å². The number of likely N-dealkylation sites (tertiary alicyclic amines) is 1. The molecule has 1 amide bonds. The van der Waals surface area contributed by atoms with Gasteiger partial charge in [0.2, 0.25) is 5.91 Å². The van der Waals surface area contributed by atoms with E-state index in [1.54, 1.807) is 0 Å². The van der Waals surface area contributed by atoms with Crippen LogP contribution in [0.4, 0.5) is 0 Å². The van der Waals surface area contributed by atoms with Gasteiger partial charge in [0.1, 0.15) is 11.5 Å². The molecule has 1 aromatic heterocycles. The maximum atomic E-state index is 11.9. The molecule has 1 fully saturated rings. The topological polar surface area (TPSA) is 79.7 Å². The summed E-state index contributed by atoms with van der Waals surface area (Å²) in [7, 11) is 0. The van der Waals surface area contributed by atoms with Crippen LogP contribution >= 0.6 is 11.3 Å². The number of amides is 1. The van der Waals surface area contributed by atoms with Crippen LogP contribution in [-0.4, -0.2) is 52.7 Å². The summed E-state index contributed by atoms with van der Waals surface area (Å²) >= 11 is 1.23. The highest BCUT2D eigenvalue weighted by molar-refractivity contribution is 7.13. The Morgan fingerprint density at radius 1 is 1.48 bits per heavy atom. The highest BCUT2D eigenvalue weighted by Gasteiger charge is 2.26. The molecule has 0 unspecified atom stereocenters. The van der Waals surface area contributed by atoms with E-state index in [4.69, 9.17) is 9.84 Å². The lowest BCUT2D eigenvalue weighted by molar-refractivity contribution is -0.138. The summed E-state index contributed by atoms with van der Waals surface area (Å²) in [5.41, 5.74) is 0. The molecule has 0 aromatic carbocycles. The largest absolute Gasteiger partial charge is 0.477 e. The van der Waals surface area contributed by atoms with Crippen molar-refractivity contribution in [3.05, 3.63) is 16.1 Å². The fourth-order valence-electron chi connectivity index (χ4n) is 2.28. The van der Waals surface area contributed by atoms with E-state index < -0.39 is 5.97 Å². The van der Waals surface area contributed by atoms with E-state index in [-0.39, 0.29) is 29.4 Å². The molecule has 2 rings (SSSR count). The zero-order valence-electron chi connectivity index (χ0n) is 12.2. The molecule has 0 atom stereocenters. The Bertz CT molecular complexity index is 507. The van der Waals surface area contributed by atoms with Crippen LogP contribution in [0.3, 0.4) is 0 Å². The molecule has 2 heterocycles. The number of aromatic carboxylic acids is 1. The van der Waals surface area contributed by atoms with E-state index in [0.717, 1.165) is 17.8 Å². The van der Waals surface area contributed by atoms with Crippen molar-refractivity contribution in [1.82, 2.24) is 9.88 Å². The predicted octanol–water partition coefficient (Wildman–Crippen LogP) is 1.97. The number of carboxylic acids is 1. The summed E-state index contributed by atoms with van der Waals surface area (Å²) in [4.78, 5) is 29.1. The highest BCUT2D eigenvalue weighted by Crippen LogP contribution is 2.31. The van der Waals surface area contributed by atoms with Crippen molar-refractivity contribution < 1.29 is 19.4 Å². The van der Waals surface area contributed by atoms with Gasteiger partial charge in [-0.05, 0) is 26.7 Å². The predicted molar refractivity (Wildman–Crippen MR) is 78.7 cm³/mol. The first-order valence-electron chi connectivity index (χ1n) is 7.05. The number of aromatic nitrogens is 1. The minimum Gasteiger partial charge on any atom is -0.477 e. The Kier molecular flexibility index (Phi) is 5.30. The van der Waals surface area contributed by atoms with Gasteiger partial charge in [0.25, 0.3) is 0 Å². The number of hydrogen-bond donors (Lipinski definition) is 1. The number of thiazole rings is 1. The summed E-state index contributed by atoms with van der Waals surface area (Å²) < 4.78 is 5.33. The Morgan fingerprint density at radius 3 is 2.67 bits per heavy atom.